The maximum atomic E-state index is 11.6. The molecule has 3 nitrogen and oxygen atoms in total. The molecular formula is C9H10Cl2N2OS2. The highest BCUT2D eigenvalue weighted by Gasteiger charge is 2.18. The van der Waals surface area contributed by atoms with Gasteiger partial charge in [0, 0.05) is 11.8 Å². The fraction of sp³-hybridized carbons (Fsp3) is 0.444. The minimum Gasteiger partial charge on any atom is -0.334 e. The van der Waals surface area contributed by atoms with E-state index in [2.05, 4.69) is 10.6 Å². The highest BCUT2D eigenvalue weighted by molar-refractivity contribution is 7.99. The van der Waals surface area contributed by atoms with Gasteiger partial charge in [0.2, 0.25) is 0 Å². The molecule has 2 rings (SSSR count). The molecule has 0 radical (unpaired) electrons. The van der Waals surface area contributed by atoms with E-state index in [0.29, 0.717) is 14.4 Å². The first kappa shape index (κ1) is 12.4. The number of nitrogens with one attached hydrogen (secondary N) is 2. The maximum Gasteiger partial charge on any atom is 0.319 e. The lowest BCUT2D eigenvalue weighted by molar-refractivity contribution is 0.249. The molecule has 1 aromatic heterocycles. The van der Waals surface area contributed by atoms with E-state index in [0.717, 1.165) is 17.9 Å². The molecule has 0 spiro atoms. The van der Waals surface area contributed by atoms with E-state index in [1.165, 1.54) is 11.3 Å². The van der Waals surface area contributed by atoms with Gasteiger partial charge in [-0.15, -0.1) is 11.3 Å². The van der Waals surface area contributed by atoms with Crippen LogP contribution in [0, 0.1) is 0 Å². The van der Waals surface area contributed by atoms with Crippen LogP contribution in [0.2, 0.25) is 8.67 Å². The Labute approximate surface area is 112 Å². The Kier molecular flexibility index (Phi) is 4.24. The molecule has 0 bridgehead atoms. The summed E-state index contributed by atoms with van der Waals surface area (Å²) in [7, 11) is 0. The van der Waals surface area contributed by atoms with Crippen molar-refractivity contribution < 1.29 is 4.79 Å². The van der Waals surface area contributed by atoms with Gasteiger partial charge in [-0.2, -0.15) is 11.8 Å². The Morgan fingerprint density at radius 1 is 1.50 bits per heavy atom. The number of thiophene rings is 1. The SMILES string of the molecule is O=C(Nc1cc(Cl)sc1Cl)N[C@H]1CCSC1. The minimum atomic E-state index is -0.219. The number of anilines is 1. The highest BCUT2D eigenvalue weighted by Crippen LogP contribution is 2.35. The van der Waals surface area contributed by atoms with Crippen LogP contribution in [0.3, 0.4) is 0 Å². The van der Waals surface area contributed by atoms with Crippen LogP contribution in [0.1, 0.15) is 6.42 Å². The van der Waals surface area contributed by atoms with Gasteiger partial charge in [-0.1, -0.05) is 23.2 Å². The first-order valence-electron chi connectivity index (χ1n) is 4.75. The van der Waals surface area contributed by atoms with Crippen LogP contribution in [-0.2, 0) is 0 Å². The summed E-state index contributed by atoms with van der Waals surface area (Å²) in [6.45, 7) is 0. The summed E-state index contributed by atoms with van der Waals surface area (Å²) in [6, 6.07) is 1.69. The number of rotatable bonds is 2. The van der Waals surface area contributed by atoms with Crippen molar-refractivity contribution >= 4 is 58.0 Å². The molecule has 1 aliphatic heterocycles. The Morgan fingerprint density at radius 3 is 2.88 bits per heavy atom. The third kappa shape index (κ3) is 3.20. The number of urea groups is 1. The topological polar surface area (TPSA) is 41.1 Å². The van der Waals surface area contributed by atoms with Crippen molar-refractivity contribution in [2.45, 2.75) is 12.5 Å². The number of hydrogen-bond acceptors (Lipinski definition) is 3. The Hall–Kier alpha value is -0.100. The molecule has 1 saturated heterocycles. The zero-order chi connectivity index (χ0) is 11.5. The summed E-state index contributed by atoms with van der Waals surface area (Å²) in [4.78, 5) is 11.6. The molecule has 0 aromatic carbocycles. The van der Waals surface area contributed by atoms with Gasteiger partial charge >= 0.3 is 6.03 Å². The van der Waals surface area contributed by atoms with Gasteiger partial charge in [0.1, 0.15) is 4.34 Å². The molecule has 0 saturated carbocycles. The van der Waals surface area contributed by atoms with Crippen molar-refractivity contribution in [2.75, 3.05) is 16.8 Å². The number of carbonyl (C=O) groups is 1. The van der Waals surface area contributed by atoms with Crippen LogP contribution < -0.4 is 10.6 Å². The van der Waals surface area contributed by atoms with Crippen molar-refractivity contribution in [2.24, 2.45) is 0 Å². The quantitative estimate of drug-likeness (QED) is 0.874. The van der Waals surface area contributed by atoms with Gasteiger partial charge in [-0.05, 0) is 18.2 Å². The molecule has 2 heterocycles. The average molecular weight is 297 g/mol. The molecule has 88 valence electrons. The zero-order valence-corrected chi connectivity index (χ0v) is 11.4. The molecular weight excluding hydrogens is 287 g/mol. The second-order valence-electron chi connectivity index (χ2n) is 3.40. The lowest BCUT2D eigenvalue weighted by Gasteiger charge is -2.11. The van der Waals surface area contributed by atoms with E-state index in [-0.39, 0.29) is 12.1 Å². The van der Waals surface area contributed by atoms with E-state index in [9.17, 15) is 4.79 Å². The number of hydrogen-bond donors (Lipinski definition) is 2. The summed E-state index contributed by atoms with van der Waals surface area (Å²) < 4.78 is 1.07. The van der Waals surface area contributed by atoms with E-state index in [1.807, 2.05) is 11.8 Å². The molecule has 7 heteroatoms. The van der Waals surface area contributed by atoms with Crippen molar-refractivity contribution in [3.05, 3.63) is 14.7 Å². The summed E-state index contributed by atoms with van der Waals surface area (Å²) in [5.41, 5.74) is 0.569. The van der Waals surface area contributed by atoms with Crippen LogP contribution >= 0.6 is 46.3 Å². The van der Waals surface area contributed by atoms with Crippen LogP contribution in [0.25, 0.3) is 0 Å². The lowest BCUT2D eigenvalue weighted by atomic mass is 10.3. The minimum absolute atomic E-state index is 0.219. The standard InChI is InChI=1S/C9H10Cl2N2OS2/c10-7-3-6(8(11)16-7)13-9(14)12-5-1-2-15-4-5/h3,5H,1-2,4H2,(H2,12,13,14)/t5-/m0/s1. The zero-order valence-electron chi connectivity index (χ0n) is 8.26. The van der Waals surface area contributed by atoms with Crippen molar-refractivity contribution in [1.82, 2.24) is 5.32 Å². The predicted octanol–water partition coefficient (Wildman–Crippen LogP) is 3.68. The summed E-state index contributed by atoms with van der Waals surface area (Å²) >= 11 is 14.8. The number of thioether (sulfide) groups is 1. The van der Waals surface area contributed by atoms with Crippen LogP contribution in [0.5, 0.6) is 0 Å². The van der Waals surface area contributed by atoms with Gasteiger partial charge < -0.3 is 10.6 Å². The van der Waals surface area contributed by atoms with Gasteiger partial charge in [0.15, 0.2) is 0 Å². The summed E-state index contributed by atoms with van der Waals surface area (Å²) in [5, 5.41) is 5.59. The van der Waals surface area contributed by atoms with Crippen molar-refractivity contribution in [3.63, 3.8) is 0 Å². The monoisotopic (exact) mass is 296 g/mol. The van der Waals surface area contributed by atoms with Crippen molar-refractivity contribution in [1.29, 1.82) is 0 Å². The normalized spacial score (nSPS) is 19.8. The molecule has 1 aliphatic rings. The third-order valence-electron chi connectivity index (χ3n) is 2.17. The molecule has 1 fully saturated rings. The molecule has 2 amide bonds. The largest absolute Gasteiger partial charge is 0.334 e. The van der Waals surface area contributed by atoms with E-state index in [1.54, 1.807) is 6.07 Å². The van der Waals surface area contributed by atoms with Crippen LogP contribution in [-0.4, -0.2) is 23.6 Å². The van der Waals surface area contributed by atoms with Gasteiger partial charge in [0.05, 0.1) is 10.0 Å². The Bertz CT molecular complexity index is 391. The van der Waals surface area contributed by atoms with Crippen LogP contribution in [0.15, 0.2) is 6.07 Å². The molecule has 1 atom stereocenters. The average Bonchev–Trinajstić information content (AvgIpc) is 2.78. The van der Waals surface area contributed by atoms with E-state index in [4.69, 9.17) is 23.2 Å². The number of halogens is 2. The number of amides is 2. The van der Waals surface area contributed by atoms with E-state index < -0.39 is 0 Å². The fourth-order valence-corrected chi connectivity index (χ4v) is 3.95. The highest BCUT2D eigenvalue weighted by atomic mass is 35.5. The van der Waals surface area contributed by atoms with Gasteiger partial charge in [-0.25, -0.2) is 4.79 Å². The predicted molar refractivity (Wildman–Crippen MR) is 72.2 cm³/mol. The number of carbonyl (C=O) groups excluding carboxylic acids is 1. The van der Waals surface area contributed by atoms with Gasteiger partial charge in [-0.3, -0.25) is 0 Å². The molecule has 0 aliphatic carbocycles. The molecule has 0 unspecified atom stereocenters. The fourth-order valence-electron chi connectivity index (χ4n) is 1.42. The first-order chi connectivity index (χ1) is 7.65. The van der Waals surface area contributed by atoms with Crippen LogP contribution in [0.4, 0.5) is 10.5 Å². The second-order valence-corrected chi connectivity index (χ2v) is 6.83. The Morgan fingerprint density at radius 2 is 2.31 bits per heavy atom. The summed E-state index contributed by atoms with van der Waals surface area (Å²) in [5.74, 6) is 2.08. The Balaban J connectivity index is 1.89. The lowest BCUT2D eigenvalue weighted by Crippen LogP contribution is -2.37. The van der Waals surface area contributed by atoms with Crippen molar-refractivity contribution in [3.8, 4) is 0 Å². The summed E-state index contributed by atoms with van der Waals surface area (Å²) in [6.07, 6.45) is 1.02. The molecule has 16 heavy (non-hydrogen) atoms. The second kappa shape index (κ2) is 5.49. The van der Waals surface area contributed by atoms with E-state index >= 15 is 0 Å². The molecule has 2 N–H and O–H groups in total. The van der Waals surface area contributed by atoms with Gasteiger partial charge in [0.25, 0.3) is 0 Å². The molecule has 1 aromatic rings. The smallest absolute Gasteiger partial charge is 0.319 e. The third-order valence-corrected chi connectivity index (χ3v) is 4.82. The first-order valence-corrected chi connectivity index (χ1v) is 7.48. The maximum absolute atomic E-state index is 11.6.